The molecule has 1 saturated carbocycles. The molecule has 0 aromatic heterocycles. The van der Waals surface area contributed by atoms with Crippen molar-refractivity contribution in [1.29, 1.82) is 0 Å². The highest BCUT2D eigenvalue weighted by atomic mass is 35.5. The van der Waals surface area contributed by atoms with E-state index >= 15 is 0 Å². The Balaban J connectivity index is 0.00000240. The number of halogens is 4. The normalized spacial score (nSPS) is 27.4. The first-order chi connectivity index (χ1) is 13.3. The van der Waals surface area contributed by atoms with Gasteiger partial charge in [-0.25, -0.2) is 0 Å². The summed E-state index contributed by atoms with van der Waals surface area (Å²) in [5.41, 5.74) is -0.0858. The summed E-state index contributed by atoms with van der Waals surface area (Å²) in [4.78, 5) is 28.7. The number of piperidine rings is 1. The summed E-state index contributed by atoms with van der Waals surface area (Å²) in [5.74, 6) is -0.314. The Bertz CT molecular complexity index is 774. The third-order valence-electron chi connectivity index (χ3n) is 6.02. The van der Waals surface area contributed by atoms with E-state index in [0.29, 0.717) is 38.2 Å². The molecule has 9 heteroatoms. The minimum Gasteiger partial charge on any atom is -0.340 e. The number of carbonyl (C=O) groups is 2. The Hall–Kier alpha value is -1.80. The lowest BCUT2D eigenvalue weighted by molar-refractivity contribution is -0.141. The summed E-state index contributed by atoms with van der Waals surface area (Å²) < 4.78 is 38.8. The monoisotopic (exact) mass is 431 g/mol. The number of likely N-dealkylation sites (tertiary alicyclic amines) is 1. The number of amides is 2. The number of rotatable bonds is 3. The number of nitrogens with zero attached hydrogens (tertiary/aromatic N) is 2. The van der Waals surface area contributed by atoms with Crippen LogP contribution in [-0.2, 0) is 15.8 Å². The highest BCUT2D eigenvalue weighted by Crippen LogP contribution is 2.49. The summed E-state index contributed by atoms with van der Waals surface area (Å²) in [6, 6.07) is 5.34. The van der Waals surface area contributed by atoms with E-state index in [1.807, 2.05) is 9.80 Å². The van der Waals surface area contributed by atoms with Crippen LogP contribution in [0.25, 0.3) is 0 Å². The molecule has 5 nitrogen and oxygen atoms in total. The fraction of sp³-hybridized carbons (Fsp3) is 0.600. The number of piperazine rings is 1. The van der Waals surface area contributed by atoms with Gasteiger partial charge in [-0.15, -0.1) is 12.4 Å². The van der Waals surface area contributed by atoms with Crippen molar-refractivity contribution in [2.45, 2.75) is 37.4 Å². The summed E-state index contributed by atoms with van der Waals surface area (Å²) in [7, 11) is 0. The summed E-state index contributed by atoms with van der Waals surface area (Å²) in [6.45, 7) is 2.93. The molecule has 3 aliphatic rings. The highest BCUT2D eigenvalue weighted by molar-refractivity contribution is 5.85. The minimum atomic E-state index is -4.37. The van der Waals surface area contributed by atoms with E-state index in [4.69, 9.17) is 0 Å². The van der Waals surface area contributed by atoms with Crippen molar-refractivity contribution in [2.24, 2.45) is 5.92 Å². The van der Waals surface area contributed by atoms with Crippen LogP contribution in [0.4, 0.5) is 13.2 Å². The van der Waals surface area contributed by atoms with Crippen LogP contribution in [0.1, 0.15) is 36.3 Å². The van der Waals surface area contributed by atoms with E-state index < -0.39 is 11.7 Å². The molecule has 0 bridgehead atoms. The average molecular weight is 432 g/mol. The van der Waals surface area contributed by atoms with Gasteiger partial charge in [0.1, 0.15) is 0 Å². The maximum Gasteiger partial charge on any atom is 0.416 e. The van der Waals surface area contributed by atoms with Crippen molar-refractivity contribution in [3.63, 3.8) is 0 Å². The van der Waals surface area contributed by atoms with Crippen molar-refractivity contribution >= 4 is 24.2 Å². The molecule has 1 aromatic carbocycles. The maximum absolute atomic E-state index is 12.9. The standard InChI is InChI=1S/C20H24F3N3O2.ClH/c21-20(22,23)14-4-1-3-13(9-14)16-10-17(16)19(28)25-7-2-5-15(12-25)26-8-6-24-11-18(26)27;/h1,3-4,9,15-17,24H,2,5-8,10-12H2;1H. The van der Waals surface area contributed by atoms with Crippen LogP contribution in [0.5, 0.6) is 0 Å². The zero-order valence-electron chi connectivity index (χ0n) is 16.0. The van der Waals surface area contributed by atoms with E-state index in [1.165, 1.54) is 6.07 Å². The van der Waals surface area contributed by atoms with Gasteiger partial charge in [0.2, 0.25) is 11.8 Å². The van der Waals surface area contributed by atoms with Crippen LogP contribution in [0.3, 0.4) is 0 Å². The molecule has 1 aliphatic carbocycles. The van der Waals surface area contributed by atoms with Crippen LogP contribution >= 0.6 is 12.4 Å². The summed E-state index contributed by atoms with van der Waals surface area (Å²) in [6.07, 6.45) is -2.06. The molecule has 3 unspecified atom stereocenters. The Morgan fingerprint density at radius 3 is 2.72 bits per heavy atom. The molecule has 0 radical (unpaired) electrons. The molecule has 2 aliphatic heterocycles. The van der Waals surface area contributed by atoms with Crippen molar-refractivity contribution < 1.29 is 22.8 Å². The molecule has 3 atom stereocenters. The second kappa shape index (κ2) is 8.52. The van der Waals surface area contributed by atoms with Crippen LogP contribution < -0.4 is 5.32 Å². The van der Waals surface area contributed by atoms with E-state index in [0.717, 1.165) is 31.5 Å². The fourth-order valence-corrected chi connectivity index (χ4v) is 4.43. The lowest BCUT2D eigenvalue weighted by Crippen LogP contribution is -2.57. The lowest BCUT2D eigenvalue weighted by Gasteiger charge is -2.41. The second-order valence-electron chi connectivity index (χ2n) is 7.92. The van der Waals surface area contributed by atoms with Gasteiger partial charge in [-0.05, 0) is 36.8 Å². The summed E-state index contributed by atoms with van der Waals surface area (Å²) in [5, 5.41) is 3.05. The van der Waals surface area contributed by atoms with Crippen molar-refractivity contribution in [2.75, 3.05) is 32.7 Å². The quantitative estimate of drug-likeness (QED) is 0.800. The van der Waals surface area contributed by atoms with Gasteiger partial charge in [0.25, 0.3) is 0 Å². The van der Waals surface area contributed by atoms with Gasteiger partial charge in [-0.3, -0.25) is 9.59 Å². The van der Waals surface area contributed by atoms with E-state index in [1.54, 1.807) is 6.07 Å². The lowest BCUT2D eigenvalue weighted by atomic mass is 10.0. The highest BCUT2D eigenvalue weighted by Gasteiger charge is 2.47. The zero-order valence-corrected chi connectivity index (χ0v) is 16.8. The van der Waals surface area contributed by atoms with E-state index in [-0.39, 0.29) is 42.1 Å². The predicted molar refractivity (Wildman–Crippen MR) is 104 cm³/mol. The smallest absolute Gasteiger partial charge is 0.340 e. The largest absolute Gasteiger partial charge is 0.416 e. The average Bonchev–Trinajstić information content (AvgIpc) is 3.48. The number of nitrogens with one attached hydrogen (secondary N) is 1. The molecule has 2 saturated heterocycles. The first-order valence-corrected chi connectivity index (χ1v) is 9.80. The molecule has 1 N–H and O–H groups in total. The van der Waals surface area contributed by atoms with Crippen molar-refractivity contribution in [1.82, 2.24) is 15.1 Å². The maximum atomic E-state index is 12.9. The van der Waals surface area contributed by atoms with Gasteiger partial charge in [-0.2, -0.15) is 13.2 Å². The molecule has 0 spiro atoms. The van der Waals surface area contributed by atoms with Crippen LogP contribution in [0.15, 0.2) is 24.3 Å². The molecule has 29 heavy (non-hydrogen) atoms. The molecule has 4 rings (SSSR count). The Morgan fingerprint density at radius 1 is 1.21 bits per heavy atom. The Labute approximate surface area is 174 Å². The number of hydrogen-bond donors (Lipinski definition) is 1. The number of carbonyl (C=O) groups excluding carboxylic acids is 2. The van der Waals surface area contributed by atoms with Gasteiger partial charge in [0.15, 0.2) is 0 Å². The van der Waals surface area contributed by atoms with Gasteiger partial charge in [-0.1, -0.05) is 18.2 Å². The molecule has 2 heterocycles. The van der Waals surface area contributed by atoms with E-state index in [9.17, 15) is 22.8 Å². The second-order valence-corrected chi connectivity index (χ2v) is 7.92. The van der Waals surface area contributed by atoms with Crippen LogP contribution in [0.2, 0.25) is 0 Å². The molecule has 3 fully saturated rings. The molecule has 160 valence electrons. The molecule has 1 aromatic rings. The van der Waals surface area contributed by atoms with Gasteiger partial charge in [0, 0.05) is 38.1 Å². The van der Waals surface area contributed by atoms with Gasteiger partial charge < -0.3 is 15.1 Å². The summed E-state index contributed by atoms with van der Waals surface area (Å²) >= 11 is 0. The third-order valence-corrected chi connectivity index (χ3v) is 6.02. The van der Waals surface area contributed by atoms with Gasteiger partial charge >= 0.3 is 6.18 Å². The van der Waals surface area contributed by atoms with Gasteiger partial charge in [0.05, 0.1) is 12.1 Å². The number of benzene rings is 1. The SMILES string of the molecule is Cl.O=C(C1CC1c1cccc(C(F)(F)F)c1)N1CCCC(N2CCNCC2=O)C1. The van der Waals surface area contributed by atoms with Crippen LogP contribution in [-0.4, -0.2) is 60.4 Å². The number of alkyl halides is 3. The van der Waals surface area contributed by atoms with Crippen molar-refractivity contribution in [3.8, 4) is 0 Å². The molecular weight excluding hydrogens is 407 g/mol. The zero-order chi connectivity index (χ0) is 19.9. The molecular formula is C20H25ClF3N3O2. The number of hydrogen-bond acceptors (Lipinski definition) is 3. The molecule has 2 amide bonds. The van der Waals surface area contributed by atoms with Crippen molar-refractivity contribution in [3.05, 3.63) is 35.4 Å². The fourth-order valence-electron chi connectivity index (χ4n) is 4.43. The topological polar surface area (TPSA) is 52.7 Å². The third kappa shape index (κ3) is 4.69. The van der Waals surface area contributed by atoms with E-state index in [2.05, 4.69) is 5.32 Å². The minimum absolute atomic E-state index is 0. The van der Waals surface area contributed by atoms with Crippen LogP contribution in [0, 0.1) is 5.92 Å². The first-order valence-electron chi connectivity index (χ1n) is 9.80. The Morgan fingerprint density at radius 2 is 2.00 bits per heavy atom. The Kier molecular flexibility index (Phi) is 6.43. The predicted octanol–water partition coefficient (Wildman–Crippen LogP) is 2.65. The first kappa shape index (κ1) is 21.9.